The fourth-order valence-corrected chi connectivity index (χ4v) is 1.41. The Morgan fingerprint density at radius 1 is 0.889 bits per heavy atom. The number of hydrogen-bond donors (Lipinski definition) is 1. The molecule has 0 radical (unpaired) electrons. The third-order valence-corrected chi connectivity index (χ3v) is 2.28. The van der Waals surface area contributed by atoms with Gasteiger partial charge >= 0.3 is 0 Å². The van der Waals surface area contributed by atoms with Crippen LogP contribution < -0.4 is 4.74 Å². The van der Waals surface area contributed by atoms with Gasteiger partial charge < -0.3 is 9.84 Å². The topological polar surface area (TPSA) is 54.2 Å². The van der Waals surface area contributed by atoms with E-state index in [4.69, 9.17) is 9.84 Å². The van der Waals surface area contributed by atoms with Crippen LogP contribution in [0.3, 0.4) is 0 Å². The highest BCUT2D eigenvalue weighted by atomic mass is 16.5. The Hall–Kier alpha value is -2.36. The fourth-order valence-electron chi connectivity index (χ4n) is 1.41. The van der Waals surface area contributed by atoms with E-state index in [1.807, 2.05) is 31.2 Å². The summed E-state index contributed by atoms with van der Waals surface area (Å²) in [6.45, 7) is 2.59. The number of ether oxygens (including phenoxy) is 1. The molecule has 2 aromatic rings. The van der Waals surface area contributed by atoms with Gasteiger partial charge in [0, 0.05) is 0 Å². The summed E-state index contributed by atoms with van der Waals surface area (Å²) < 4.78 is 5.34. The van der Waals surface area contributed by atoms with E-state index in [1.165, 1.54) is 0 Å². The van der Waals surface area contributed by atoms with E-state index in [2.05, 4.69) is 10.2 Å². The molecule has 0 aliphatic heterocycles. The van der Waals surface area contributed by atoms with Crippen LogP contribution in [0.4, 0.5) is 11.4 Å². The SMILES string of the molecule is CCOc1ccc(N=Nc2ccc(O)cc2)cc1. The first-order valence-electron chi connectivity index (χ1n) is 5.71. The number of hydrogen-bond acceptors (Lipinski definition) is 4. The number of phenols is 1. The summed E-state index contributed by atoms with van der Waals surface area (Å²) in [5, 5.41) is 17.3. The zero-order valence-corrected chi connectivity index (χ0v) is 10.1. The van der Waals surface area contributed by atoms with Crippen molar-refractivity contribution in [1.82, 2.24) is 0 Å². The van der Waals surface area contributed by atoms with Gasteiger partial charge in [0.2, 0.25) is 0 Å². The molecule has 4 heteroatoms. The minimum absolute atomic E-state index is 0.218. The summed E-state index contributed by atoms with van der Waals surface area (Å²) in [4.78, 5) is 0. The average Bonchev–Trinajstić information content (AvgIpc) is 2.40. The largest absolute Gasteiger partial charge is 0.508 e. The van der Waals surface area contributed by atoms with Gasteiger partial charge in [-0.2, -0.15) is 10.2 Å². The molecule has 0 amide bonds. The second kappa shape index (κ2) is 5.82. The molecule has 1 N–H and O–H groups in total. The number of phenolic OH excluding ortho intramolecular Hbond substituents is 1. The van der Waals surface area contributed by atoms with Gasteiger partial charge in [0.1, 0.15) is 11.5 Å². The molecule has 0 aliphatic carbocycles. The molecule has 0 unspecified atom stereocenters. The highest BCUT2D eigenvalue weighted by Crippen LogP contribution is 2.22. The third-order valence-electron chi connectivity index (χ3n) is 2.28. The molecule has 92 valence electrons. The number of aromatic hydroxyl groups is 1. The molecule has 4 nitrogen and oxygen atoms in total. The lowest BCUT2D eigenvalue weighted by Gasteiger charge is -2.01. The summed E-state index contributed by atoms with van der Waals surface area (Å²) in [6.07, 6.45) is 0. The standard InChI is InChI=1S/C14H14N2O2/c1-2-18-14-9-5-12(6-10-14)16-15-11-3-7-13(17)8-4-11/h3-10,17H,2H2,1H3. The van der Waals surface area contributed by atoms with Crippen LogP contribution in [0.1, 0.15) is 6.92 Å². The van der Waals surface area contributed by atoms with Crippen molar-refractivity contribution in [2.45, 2.75) is 6.92 Å². The molecule has 0 saturated carbocycles. The molecule has 2 rings (SSSR count). The fraction of sp³-hybridized carbons (Fsp3) is 0.143. The lowest BCUT2D eigenvalue weighted by Crippen LogP contribution is -1.89. The van der Waals surface area contributed by atoms with Crippen LogP contribution in [0.2, 0.25) is 0 Å². The van der Waals surface area contributed by atoms with E-state index in [0.29, 0.717) is 12.3 Å². The van der Waals surface area contributed by atoms with Gasteiger partial charge in [-0.3, -0.25) is 0 Å². The number of rotatable bonds is 4. The highest BCUT2D eigenvalue weighted by Gasteiger charge is 1.94. The van der Waals surface area contributed by atoms with Crippen molar-refractivity contribution in [2.24, 2.45) is 10.2 Å². The summed E-state index contributed by atoms with van der Waals surface area (Å²) in [7, 11) is 0. The van der Waals surface area contributed by atoms with Gasteiger partial charge in [-0.1, -0.05) is 0 Å². The van der Waals surface area contributed by atoms with Crippen molar-refractivity contribution in [2.75, 3.05) is 6.61 Å². The van der Waals surface area contributed by atoms with Crippen molar-refractivity contribution in [3.05, 3.63) is 48.5 Å². The van der Waals surface area contributed by atoms with E-state index in [9.17, 15) is 0 Å². The summed E-state index contributed by atoms with van der Waals surface area (Å²) >= 11 is 0. The molecule has 0 saturated heterocycles. The van der Waals surface area contributed by atoms with Crippen molar-refractivity contribution in [3.63, 3.8) is 0 Å². The van der Waals surface area contributed by atoms with E-state index in [0.717, 1.165) is 11.4 Å². The smallest absolute Gasteiger partial charge is 0.119 e. The van der Waals surface area contributed by atoms with E-state index in [-0.39, 0.29) is 5.75 Å². The molecule has 0 spiro atoms. The summed E-state index contributed by atoms with van der Waals surface area (Å²) in [6, 6.07) is 14.0. The van der Waals surface area contributed by atoms with Gasteiger partial charge in [-0.25, -0.2) is 0 Å². The molecule has 0 aromatic heterocycles. The average molecular weight is 242 g/mol. The molecule has 2 aromatic carbocycles. The predicted molar refractivity (Wildman–Crippen MR) is 69.9 cm³/mol. The first-order valence-corrected chi connectivity index (χ1v) is 5.71. The molecule has 0 heterocycles. The Balaban J connectivity index is 2.06. The van der Waals surface area contributed by atoms with Crippen LogP contribution in [0.5, 0.6) is 11.5 Å². The Bertz CT molecular complexity index is 518. The molecule has 0 atom stereocenters. The van der Waals surface area contributed by atoms with Crippen molar-refractivity contribution in [3.8, 4) is 11.5 Å². The first kappa shape index (κ1) is 12.1. The predicted octanol–water partition coefficient (Wildman–Crippen LogP) is 4.21. The van der Waals surface area contributed by atoms with E-state index in [1.54, 1.807) is 24.3 Å². The van der Waals surface area contributed by atoms with E-state index < -0.39 is 0 Å². The zero-order valence-electron chi connectivity index (χ0n) is 10.1. The Morgan fingerprint density at radius 2 is 1.39 bits per heavy atom. The van der Waals surface area contributed by atoms with E-state index >= 15 is 0 Å². The maximum atomic E-state index is 9.14. The quantitative estimate of drug-likeness (QED) is 0.816. The zero-order chi connectivity index (χ0) is 12.8. The number of nitrogens with zero attached hydrogens (tertiary/aromatic N) is 2. The minimum atomic E-state index is 0.218. The maximum absolute atomic E-state index is 9.14. The van der Waals surface area contributed by atoms with Crippen molar-refractivity contribution in [1.29, 1.82) is 0 Å². The Labute approximate surface area is 106 Å². The lowest BCUT2D eigenvalue weighted by atomic mass is 10.3. The number of azo groups is 1. The molecular weight excluding hydrogens is 228 g/mol. The van der Waals surface area contributed by atoms with Gasteiger partial charge in [0.15, 0.2) is 0 Å². The second-order valence-electron chi connectivity index (χ2n) is 3.64. The maximum Gasteiger partial charge on any atom is 0.119 e. The van der Waals surface area contributed by atoms with Crippen LogP contribution in [-0.2, 0) is 0 Å². The molecule has 0 bridgehead atoms. The first-order chi connectivity index (χ1) is 8.78. The van der Waals surface area contributed by atoms with Gasteiger partial charge in [-0.05, 0) is 55.5 Å². The van der Waals surface area contributed by atoms with Gasteiger partial charge in [0.05, 0.1) is 18.0 Å². The Morgan fingerprint density at radius 3 is 1.89 bits per heavy atom. The van der Waals surface area contributed by atoms with Crippen molar-refractivity contribution >= 4 is 11.4 Å². The minimum Gasteiger partial charge on any atom is -0.508 e. The van der Waals surface area contributed by atoms with Crippen LogP contribution in [0, 0.1) is 0 Å². The van der Waals surface area contributed by atoms with Crippen LogP contribution in [0.15, 0.2) is 58.8 Å². The summed E-state index contributed by atoms with van der Waals surface area (Å²) in [5.74, 6) is 1.04. The van der Waals surface area contributed by atoms with Crippen molar-refractivity contribution < 1.29 is 9.84 Å². The summed E-state index contributed by atoms with van der Waals surface area (Å²) in [5.41, 5.74) is 1.45. The highest BCUT2D eigenvalue weighted by molar-refractivity contribution is 5.43. The van der Waals surface area contributed by atoms with Crippen LogP contribution in [-0.4, -0.2) is 11.7 Å². The van der Waals surface area contributed by atoms with Gasteiger partial charge in [-0.15, -0.1) is 0 Å². The molecule has 18 heavy (non-hydrogen) atoms. The normalized spacial score (nSPS) is 10.7. The third kappa shape index (κ3) is 3.31. The number of benzene rings is 2. The molecule has 0 aliphatic rings. The molecule has 0 fully saturated rings. The van der Waals surface area contributed by atoms with Crippen LogP contribution >= 0.6 is 0 Å². The Kier molecular flexibility index (Phi) is 3.91. The van der Waals surface area contributed by atoms with Gasteiger partial charge in [0.25, 0.3) is 0 Å². The second-order valence-corrected chi connectivity index (χ2v) is 3.64. The van der Waals surface area contributed by atoms with Crippen LogP contribution in [0.25, 0.3) is 0 Å². The monoisotopic (exact) mass is 242 g/mol. The molecular formula is C14H14N2O2. The lowest BCUT2D eigenvalue weighted by molar-refractivity contribution is 0.340.